The Kier molecular flexibility index (Phi) is 4.77. The highest BCUT2D eigenvalue weighted by atomic mass is 35.5. The van der Waals surface area contributed by atoms with Gasteiger partial charge in [-0.15, -0.1) is 0 Å². The van der Waals surface area contributed by atoms with Crippen molar-refractivity contribution in [3.05, 3.63) is 46.6 Å². The Hall–Kier alpha value is -1.99. The number of pyridine rings is 1. The van der Waals surface area contributed by atoms with Crippen molar-refractivity contribution in [2.24, 2.45) is 0 Å². The molecule has 0 atom stereocenters. The van der Waals surface area contributed by atoms with Crippen molar-refractivity contribution in [2.45, 2.75) is 12.6 Å². The molecule has 4 nitrogen and oxygen atoms in total. The van der Waals surface area contributed by atoms with Gasteiger partial charge in [-0.25, -0.2) is 4.98 Å². The maximum atomic E-state index is 12.7. The summed E-state index contributed by atoms with van der Waals surface area (Å²) in [5, 5.41) is 11.2. The van der Waals surface area contributed by atoms with Gasteiger partial charge >= 0.3 is 6.18 Å². The molecule has 0 aliphatic heterocycles. The monoisotopic (exact) mass is 331 g/mol. The molecule has 0 amide bonds. The van der Waals surface area contributed by atoms with Gasteiger partial charge in [-0.2, -0.15) is 13.2 Å². The average Bonchev–Trinajstić information content (AvgIpc) is 2.43. The highest BCUT2D eigenvalue weighted by molar-refractivity contribution is 6.32. The normalized spacial score (nSPS) is 11.5. The molecular weight excluding hydrogens is 319 g/mol. The van der Waals surface area contributed by atoms with Gasteiger partial charge in [0.25, 0.3) is 0 Å². The van der Waals surface area contributed by atoms with Crippen LogP contribution in [-0.2, 0) is 12.6 Å². The fourth-order valence-electron chi connectivity index (χ4n) is 1.83. The van der Waals surface area contributed by atoms with E-state index in [2.05, 4.69) is 10.3 Å². The van der Waals surface area contributed by atoms with Gasteiger partial charge in [-0.1, -0.05) is 17.7 Å². The molecule has 1 aromatic carbocycles. The van der Waals surface area contributed by atoms with Crippen LogP contribution < -0.4 is 11.1 Å². The third-order valence-corrected chi connectivity index (χ3v) is 3.25. The topological polar surface area (TPSA) is 71.2 Å². The molecule has 118 valence electrons. The smallest absolute Gasteiger partial charge is 0.397 e. The zero-order valence-electron chi connectivity index (χ0n) is 11.3. The van der Waals surface area contributed by atoms with E-state index in [1.54, 1.807) is 18.3 Å². The summed E-state index contributed by atoms with van der Waals surface area (Å²) in [5.74, 6) is 0.407. The van der Waals surface area contributed by atoms with Crippen LogP contribution in [-0.4, -0.2) is 16.7 Å². The fourth-order valence-corrected chi connectivity index (χ4v) is 2.10. The van der Waals surface area contributed by atoms with E-state index in [1.165, 1.54) is 0 Å². The molecule has 1 aromatic heterocycles. The lowest BCUT2D eigenvalue weighted by Gasteiger charge is -2.14. The Morgan fingerprint density at radius 3 is 2.55 bits per heavy atom. The van der Waals surface area contributed by atoms with Crippen molar-refractivity contribution in [1.29, 1.82) is 0 Å². The molecule has 0 spiro atoms. The fraction of sp³-hybridized carbons (Fsp3) is 0.214. The SMILES string of the molecule is Nc1cc(C(F)(F)F)c(Cl)cc1Nc1ccc(CCO)cn1. The Morgan fingerprint density at radius 2 is 2.00 bits per heavy atom. The van der Waals surface area contributed by atoms with Gasteiger partial charge in [-0.3, -0.25) is 0 Å². The first-order valence-electron chi connectivity index (χ1n) is 6.30. The molecule has 0 unspecified atom stereocenters. The number of hydrogen-bond acceptors (Lipinski definition) is 4. The van der Waals surface area contributed by atoms with Crippen molar-refractivity contribution in [3.8, 4) is 0 Å². The van der Waals surface area contributed by atoms with Gasteiger partial charge < -0.3 is 16.2 Å². The van der Waals surface area contributed by atoms with E-state index < -0.39 is 16.8 Å². The van der Waals surface area contributed by atoms with Crippen LogP contribution in [0.25, 0.3) is 0 Å². The van der Waals surface area contributed by atoms with Crippen LogP contribution in [0.1, 0.15) is 11.1 Å². The van der Waals surface area contributed by atoms with Gasteiger partial charge in [0, 0.05) is 12.8 Å². The highest BCUT2D eigenvalue weighted by Crippen LogP contribution is 2.39. The number of aliphatic hydroxyl groups excluding tert-OH is 1. The summed E-state index contributed by atoms with van der Waals surface area (Å²) in [6.45, 7) is 0.00984. The molecule has 22 heavy (non-hydrogen) atoms. The number of anilines is 3. The Bertz CT molecular complexity index is 660. The van der Waals surface area contributed by atoms with Crippen molar-refractivity contribution in [3.63, 3.8) is 0 Å². The van der Waals surface area contributed by atoms with Gasteiger partial charge in [-0.05, 0) is 30.2 Å². The molecule has 0 saturated heterocycles. The molecule has 0 bridgehead atoms. The molecule has 0 radical (unpaired) electrons. The number of aromatic nitrogens is 1. The van der Waals surface area contributed by atoms with Crippen LogP contribution in [0.15, 0.2) is 30.5 Å². The maximum absolute atomic E-state index is 12.7. The van der Waals surface area contributed by atoms with E-state index in [1.807, 2.05) is 0 Å². The first kappa shape index (κ1) is 16.4. The van der Waals surface area contributed by atoms with Gasteiger partial charge in [0.15, 0.2) is 0 Å². The van der Waals surface area contributed by atoms with Crippen LogP contribution in [0.4, 0.5) is 30.4 Å². The third kappa shape index (κ3) is 3.80. The molecule has 0 aliphatic rings. The zero-order valence-corrected chi connectivity index (χ0v) is 12.0. The molecule has 2 aromatic rings. The second-order valence-electron chi connectivity index (χ2n) is 4.57. The number of nitrogen functional groups attached to an aromatic ring is 1. The summed E-state index contributed by atoms with van der Waals surface area (Å²) in [5.41, 5.74) is 5.64. The predicted octanol–water partition coefficient (Wildman–Crippen LogP) is 3.61. The summed E-state index contributed by atoms with van der Waals surface area (Å²) in [4.78, 5) is 4.09. The molecule has 0 saturated carbocycles. The van der Waals surface area contributed by atoms with Crippen LogP contribution in [0.5, 0.6) is 0 Å². The Morgan fingerprint density at radius 1 is 1.27 bits per heavy atom. The highest BCUT2D eigenvalue weighted by Gasteiger charge is 2.33. The number of nitrogens with two attached hydrogens (primary N) is 1. The maximum Gasteiger partial charge on any atom is 0.417 e. The van der Waals surface area contributed by atoms with Crippen LogP contribution in [0, 0.1) is 0 Å². The number of nitrogens with one attached hydrogen (secondary N) is 1. The standard InChI is InChI=1S/C14H13ClF3N3O/c15-10-6-12(11(19)5-9(10)14(16,17)18)21-13-2-1-8(3-4-22)7-20-13/h1-2,5-7,22H,3-4,19H2,(H,20,21). The summed E-state index contributed by atoms with van der Waals surface area (Å²) in [6, 6.07) is 5.28. The molecule has 0 aliphatic carbocycles. The Balaban J connectivity index is 2.25. The van der Waals surface area contributed by atoms with Crippen LogP contribution in [0.2, 0.25) is 5.02 Å². The average molecular weight is 332 g/mol. The second kappa shape index (κ2) is 6.41. The number of nitrogens with zero attached hydrogens (tertiary/aromatic N) is 1. The molecule has 0 fully saturated rings. The number of halogens is 4. The van der Waals surface area contributed by atoms with Gasteiger partial charge in [0.2, 0.25) is 0 Å². The second-order valence-corrected chi connectivity index (χ2v) is 4.97. The number of aliphatic hydroxyl groups is 1. The summed E-state index contributed by atoms with van der Waals surface area (Å²) in [7, 11) is 0. The quantitative estimate of drug-likeness (QED) is 0.748. The minimum Gasteiger partial charge on any atom is -0.397 e. The first-order chi connectivity index (χ1) is 10.3. The predicted molar refractivity (Wildman–Crippen MR) is 79.2 cm³/mol. The minimum absolute atomic E-state index is 0.00984. The van der Waals surface area contributed by atoms with Crippen LogP contribution in [0.3, 0.4) is 0 Å². The van der Waals surface area contributed by atoms with Gasteiger partial charge in [0.1, 0.15) is 5.82 Å². The van der Waals surface area contributed by atoms with Gasteiger partial charge in [0.05, 0.1) is 22.0 Å². The number of benzene rings is 1. The van der Waals surface area contributed by atoms with E-state index in [-0.39, 0.29) is 18.0 Å². The lowest BCUT2D eigenvalue weighted by atomic mass is 10.1. The largest absolute Gasteiger partial charge is 0.417 e. The molecule has 2 rings (SSSR count). The molecule has 8 heteroatoms. The molecule has 1 heterocycles. The van der Waals surface area contributed by atoms with Crippen LogP contribution >= 0.6 is 11.6 Å². The number of rotatable bonds is 4. The van der Waals surface area contributed by atoms with E-state index >= 15 is 0 Å². The summed E-state index contributed by atoms with van der Waals surface area (Å²) >= 11 is 5.65. The first-order valence-corrected chi connectivity index (χ1v) is 6.68. The van der Waals surface area contributed by atoms with E-state index in [9.17, 15) is 13.2 Å². The lowest BCUT2D eigenvalue weighted by molar-refractivity contribution is -0.137. The van der Waals surface area contributed by atoms with Crippen molar-refractivity contribution in [2.75, 3.05) is 17.7 Å². The minimum atomic E-state index is -4.56. The third-order valence-electron chi connectivity index (χ3n) is 2.93. The van der Waals surface area contributed by atoms with Crippen molar-refractivity contribution in [1.82, 2.24) is 4.98 Å². The van der Waals surface area contributed by atoms with E-state index in [0.29, 0.717) is 12.2 Å². The van der Waals surface area contributed by atoms with Crippen molar-refractivity contribution < 1.29 is 18.3 Å². The Labute approximate surface area is 129 Å². The zero-order chi connectivity index (χ0) is 16.3. The summed E-state index contributed by atoms with van der Waals surface area (Å²) in [6.07, 6.45) is -2.53. The van der Waals surface area contributed by atoms with E-state index in [0.717, 1.165) is 17.7 Å². The molecular formula is C14H13ClF3N3O. The van der Waals surface area contributed by atoms with Crippen molar-refractivity contribution >= 4 is 28.8 Å². The van der Waals surface area contributed by atoms with E-state index in [4.69, 9.17) is 22.4 Å². The number of alkyl halides is 3. The number of hydrogen-bond donors (Lipinski definition) is 3. The lowest BCUT2D eigenvalue weighted by Crippen LogP contribution is -2.08. The summed E-state index contributed by atoms with van der Waals surface area (Å²) < 4.78 is 38.1. The molecule has 4 N–H and O–H groups in total.